The SMILES string of the molecule is CCNC(COCC(F)(F)F)Cc1cc(F)ccc1F. The van der Waals surface area contributed by atoms with Gasteiger partial charge < -0.3 is 10.1 Å². The number of rotatable bonds is 7. The quantitative estimate of drug-likeness (QED) is 0.781. The maximum Gasteiger partial charge on any atom is 0.411 e. The molecule has 0 radical (unpaired) electrons. The number of nitrogens with one attached hydrogen (secondary N) is 1. The van der Waals surface area contributed by atoms with Gasteiger partial charge in [0.1, 0.15) is 18.2 Å². The number of likely N-dealkylation sites (N-methyl/N-ethyl adjacent to an activating group) is 1. The molecular weight excluding hydrogens is 281 g/mol. The van der Waals surface area contributed by atoms with Crippen LogP contribution in [0.15, 0.2) is 18.2 Å². The van der Waals surface area contributed by atoms with Crippen LogP contribution in [0.1, 0.15) is 12.5 Å². The molecule has 7 heteroatoms. The summed E-state index contributed by atoms with van der Waals surface area (Å²) in [7, 11) is 0. The molecule has 0 aliphatic heterocycles. The average Bonchev–Trinajstić information content (AvgIpc) is 2.32. The van der Waals surface area contributed by atoms with Crippen molar-refractivity contribution in [1.29, 1.82) is 0 Å². The zero-order valence-corrected chi connectivity index (χ0v) is 10.9. The second-order valence-electron chi connectivity index (χ2n) is 4.32. The summed E-state index contributed by atoms with van der Waals surface area (Å²) >= 11 is 0. The van der Waals surface area contributed by atoms with Gasteiger partial charge in [0.15, 0.2) is 0 Å². The normalized spacial score (nSPS) is 13.5. The average molecular weight is 297 g/mol. The lowest BCUT2D eigenvalue weighted by atomic mass is 10.1. The first-order chi connectivity index (χ1) is 9.31. The Morgan fingerprint density at radius 3 is 2.55 bits per heavy atom. The van der Waals surface area contributed by atoms with E-state index in [2.05, 4.69) is 10.1 Å². The molecule has 0 heterocycles. The van der Waals surface area contributed by atoms with Crippen molar-refractivity contribution in [3.8, 4) is 0 Å². The first kappa shape index (κ1) is 16.8. The third kappa shape index (κ3) is 6.29. The Bertz CT molecular complexity index is 422. The molecule has 0 aromatic heterocycles. The summed E-state index contributed by atoms with van der Waals surface area (Å²) in [4.78, 5) is 0. The van der Waals surface area contributed by atoms with Crippen LogP contribution in [0.25, 0.3) is 0 Å². The molecule has 114 valence electrons. The molecule has 1 atom stereocenters. The summed E-state index contributed by atoms with van der Waals surface area (Å²) in [5.41, 5.74) is 0.103. The Labute approximate surface area is 113 Å². The first-order valence-corrected chi connectivity index (χ1v) is 6.13. The maximum atomic E-state index is 13.5. The number of alkyl halides is 3. The minimum absolute atomic E-state index is 0.0509. The second-order valence-corrected chi connectivity index (χ2v) is 4.32. The van der Waals surface area contributed by atoms with Crippen LogP contribution in [0.5, 0.6) is 0 Å². The van der Waals surface area contributed by atoms with Crippen molar-refractivity contribution < 1.29 is 26.7 Å². The van der Waals surface area contributed by atoms with E-state index in [-0.39, 0.29) is 18.6 Å². The van der Waals surface area contributed by atoms with Crippen LogP contribution >= 0.6 is 0 Å². The van der Waals surface area contributed by atoms with Gasteiger partial charge in [0.25, 0.3) is 0 Å². The summed E-state index contributed by atoms with van der Waals surface area (Å²) in [5.74, 6) is -1.18. The molecule has 0 bridgehead atoms. The fraction of sp³-hybridized carbons (Fsp3) is 0.538. The second kappa shape index (κ2) is 7.54. The summed E-state index contributed by atoms with van der Waals surface area (Å²) < 4.78 is 67.0. The topological polar surface area (TPSA) is 21.3 Å². The summed E-state index contributed by atoms with van der Waals surface area (Å²) in [5, 5.41) is 2.88. The van der Waals surface area contributed by atoms with Gasteiger partial charge in [-0.1, -0.05) is 6.92 Å². The van der Waals surface area contributed by atoms with Crippen LogP contribution in [0.3, 0.4) is 0 Å². The molecule has 0 aliphatic rings. The van der Waals surface area contributed by atoms with E-state index in [4.69, 9.17) is 0 Å². The van der Waals surface area contributed by atoms with Crippen molar-refractivity contribution in [2.75, 3.05) is 19.8 Å². The highest BCUT2D eigenvalue weighted by Gasteiger charge is 2.28. The van der Waals surface area contributed by atoms with Gasteiger partial charge in [0.2, 0.25) is 0 Å². The van der Waals surface area contributed by atoms with Gasteiger partial charge in [0, 0.05) is 6.04 Å². The van der Waals surface area contributed by atoms with Gasteiger partial charge in [-0.15, -0.1) is 0 Å². The Morgan fingerprint density at radius 1 is 1.25 bits per heavy atom. The number of benzene rings is 1. The van der Waals surface area contributed by atoms with E-state index < -0.39 is 30.5 Å². The van der Waals surface area contributed by atoms with Gasteiger partial charge in [-0.2, -0.15) is 13.2 Å². The van der Waals surface area contributed by atoms with E-state index in [0.717, 1.165) is 18.2 Å². The summed E-state index contributed by atoms with van der Waals surface area (Å²) in [6.45, 7) is 0.652. The fourth-order valence-electron chi connectivity index (χ4n) is 1.76. The summed E-state index contributed by atoms with van der Waals surface area (Å²) in [6.07, 6.45) is -4.35. The molecule has 1 N–H and O–H groups in total. The predicted molar refractivity (Wildman–Crippen MR) is 64.4 cm³/mol. The van der Waals surface area contributed by atoms with E-state index >= 15 is 0 Å². The molecule has 2 nitrogen and oxygen atoms in total. The van der Waals surface area contributed by atoms with E-state index in [9.17, 15) is 22.0 Å². The highest BCUT2D eigenvalue weighted by atomic mass is 19.4. The largest absolute Gasteiger partial charge is 0.411 e. The molecule has 0 spiro atoms. The van der Waals surface area contributed by atoms with Crippen molar-refractivity contribution in [3.63, 3.8) is 0 Å². The van der Waals surface area contributed by atoms with Crippen LogP contribution in [0.2, 0.25) is 0 Å². The van der Waals surface area contributed by atoms with Gasteiger partial charge in [0.05, 0.1) is 6.61 Å². The number of hydrogen-bond donors (Lipinski definition) is 1. The number of ether oxygens (including phenoxy) is 1. The molecule has 1 rings (SSSR count). The lowest BCUT2D eigenvalue weighted by Gasteiger charge is -2.19. The molecule has 0 saturated heterocycles. The van der Waals surface area contributed by atoms with E-state index in [1.165, 1.54) is 0 Å². The minimum atomic E-state index is -4.40. The van der Waals surface area contributed by atoms with Crippen LogP contribution in [-0.2, 0) is 11.2 Å². The molecule has 0 amide bonds. The van der Waals surface area contributed by atoms with Crippen LogP contribution in [0.4, 0.5) is 22.0 Å². The van der Waals surface area contributed by atoms with Crippen molar-refractivity contribution in [2.45, 2.75) is 25.6 Å². The fourth-order valence-corrected chi connectivity index (χ4v) is 1.76. The summed E-state index contributed by atoms with van der Waals surface area (Å²) in [6, 6.07) is 2.49. The van der Waals surface area contributed by atoms with Crippen LogP contribution in [-0.4, -0.2) is 32.0 Å². The standard InChI is InChI=1S/C13H16F5NO/c1-2-19-11(7-20-8-13(16,17)18)6-9-5-10(14)3-4-12(9)15/h3-5,11,19H,2,6-8H2,1H3. The van der Waals surface area contributed by atoms with Crippen LogP contribution in [0, 0.1) is 11.6 Å². The smallest absolute Gasteiger partial charge is 0.370 e. The minimum Gasteiger partial charge on any atom is -0.370 e. The van der Waals surface area contributed by atoms with Gasteiger partial charge in [-0.3, -0.25) is 0 Å². The predicted octanol–water partition coefficient (Wildman–Crippen LogP) is 3.06. The molecule has 0 aliphatic carbocycles. The first-order valence-electron chi connectivity index (χ1n) is 6.13. The lowest BCUT2D eigenvalue weighted by Crippen LogP contribution is -2.36. The third-order valence-corrected chi connectivity index (χ3v) is 2.55. The lowest BCUT2D eigenvalue weighted by molar-refractivity contribution is -0.175. The van der Waals surface area contributed by atoms with Gasteiger partial charge in [-0.05, 0) is 36.7 Å². The Hall–Kier alpha value is -1.21. The highest BCUT2D eigenvalue weighted by Crippen LogP contribution is 2.16. The van der Waals surface area contributed by atoms with Crippen LogP contribution < -0.4 is 5.32 Å². The molecular formula is C13H16F5NO. The molecule has 0 saturated carbocycles. The number of hydrogen-bond acceptors (Lipinski definition) is 2. The maximum absolute atomic E-state index is 13.5. The van der Waals surface area contributed by atoms with Gasteiger partial charge >= 0.3 is 6.18 Å². The van der Waals surface area contributed by atoms with Crippen molar-refractivity contribution in [1.82, 2.24) is 5.32 Å². The van der Waals surface area contributed by atoms with Gasteiger partial charge in [-0.25, -0.2) is 8.78 Å². The molecule has 1 aromatic rings. The Kier molecular flexibility index (Phi) is 6.35. The third-order valence-electron chi connectivity index (χ3n) is 2.55. The van der Waals surface area contributed by atoms with E-state index in [1.54, 1.807) is 6.92 Å². The Morgan fingerprint density at radius 2 is 1.95 bits per heavy atom. The molecule has 20 heavy (non-hydrogen) atoms. The zero-order valence-electron chi connectivity index (χ0n) is 10.9. The van der Waals surface area contributed by atoms with E-state index in [0.29, 0.717) is 6.54 Å². The molecule has 0 fully saturated rings. The Balaban J connectivity index is 2.60. The monoisotopic (exact) mass is 297 g/mol. The van der Waals surface area contributed by atoms with Crippen molar-refractivity contribution in [2.24, 2.45) is 0 Å². The van der Waals surface area contributed by atoms with E-state index in [1.807, 2.05) is 0 Å². The van der Waals surface area contributed by atoms with Crippen molar-refractivity contribution in [3.05, 3.63) is 35.4 Å². The highest BCUT2D eigenvalue weighted by molar-refractivity contribution is 5.19. The molecule has 1 aromatic carbocycles. The van der Waals surface area contributed by atoms with Crippen molar-refractivity contribution >= 4 is 0 Å². The molecule has 1 unspecified atom stereocenters. The number of halogens is 5. The zero-order chi connectivity index (χ0) is 15.2.